The number of hydrazine groups is 1. The molecule has 0 saturated carbocycles. The summed E-state index contributed by atoms with van der Waals surface area (Å²) in [5, 5.41) is 16.1. The Kier molecular flexibility index (Phi) is 7.52. The number of hydrogen-bond donors (Lipinski definition) is 3. The maximum atomic E-state index is 13.3. The second-order valence-electron chi connectivity index (χ2n) is 8.13. The van der Waals surface area contributed by atoms with Crippen molar-refractivity contribution in [3.05, 3.63) is 30.3 Å². The minimum absolute atomic E-state index is 0.162. The van der Waals surface area contributed by atoms with E-state index in [0.29, 0.717) is 18.2 Å². The number of amides is 2. The summed E-state index contributed by atoms with van der Waals surface area (Å²) in [4.78, 5) is 26.7. The van der Waals surface area contributed by atoms with Gasteiger partial charge in [-0.05, 0) is 57.3 Å². The van der Waals surface area contributed by atoms with Crippen LogP contribution in [0.4, 0.5) is 10.5 Å². The highest BCUT2D eigenvalue weighted by molar-refractivity contribution is 7.88. The van der Waals surface area contributed by atoms with Crippen molar-refractivity contribution in [1.29, 1.82) is 0 Å². The number of carbonyl (C=O) groups excluding carboxylic acids is 1. The van der Waals surface area contributed by atoms with Crippen LogP contribution in [-0.4, -0.2) is 80.2 Å². The van der Waals surface area contributed by atoms with Gasteiger partial charge in [-0.2, -0.15) is 9.73 Å². The topological polar surface area (TPSA) is 122 Å². The van der Waals surface area contributed by atoms with Crippen LogP contribution in [0, 0.1) is 5.92 Å². The fourth-order valence-electron chi connectivity index (χ4n) is 4.21. The summed E-state index contributed by atoms with van der Waals surface area (Å²) in [7, 11) is -3.74. The predicted molar refractivity (Wildman–Crippen MR) is 117 cm³/mol. The number of hydrogen-bond acceptors (Lipinski definition) is 6. The molecule has 1 aromatic carbocycles. The van der Waals surface area contributed by atoms with Gasteiger partial charge in [-0.15, -0.1) is 0 Å². The molecule has 2 atom stereocenters. The molecule has 3 N–H and O–H groups in total. The molecular formula is C20H31N5O5S. The molecule has 0 radical (unpaired) electrons. The van der Waals surface area contributed by atoms with Crippen molar-refractivity contribution in [2.45, 2.75) is 38.4 Å². The zero-order chi connectivity index (χ0) is 22.6. The largest absolute Gasteiger partial charge is 0.480 e. The van der Waals surface area contributed by atoms with E-state index < -0.39 is 28.2 Å². The van der Waals surface area contributed by atoms with Gasteiger partial charge < -0.3 is 10.4 Å². The summed E-state index contributed by atoms with van der Waals surface area (Å²) in [5.41, 5.74) is 0.706. The molecule has 2 aliphatic heterocycles. The smallest absolute Gasteiger partial charge is 0.340 e. The zero-order valence-corrected chi connectivity index (χ0v) is 18.7. The van der Waals surface area contributed by atoms with Crippen molar-refractivity contribution in [3.63, 3.8) is 0 Å². The number of urea groups is 1. The third-order valence-electron chi connectivity index (χ3n) is 5.81. The lowest BCUT2D eigenvalue weighted by Crippen LogP contribution is -2.53. The monoisotopic (exact) mass is 453 g/mol. The summed E-state index contributed by atoms with van der Waals surface area (Å²) in [5.74, 6) is -0.803. The van der Waals surface area contributed by atoms with E-state index in [0.717, 1.165) is 38.6 Å². The van der Waals surface area contributed by atoms with Crippen LogP contribution >= 0.6 is 0 Å². The van der Waals surface area contributed by atoms with Gasteiger partial charge in [0.15, 0.2) is 0 Å². The molecule has 0 bridgehead atoms. The predicted octanol–water partition coefficient (Wildman–Crippen LogP) is 0.884. The number of anilines is 1. The number of para-hydroxylation sites is 1. The number of benzene rings is 1. The van der Waals surface area contributed by atoms with Gasteiger partial charge in [0.2, 0.25) is 10.0 Å². The lowest BCUT2D eigenvalue weighted by atomic mass is 9.95. The van der Waals surface area contributed by atoms with Crippen LogP contribution in [-0.2, 0) is 14.8 Å². The lowest BCUT2D eigenvalue weighted by molar-refractivity contribution is -0.140. The molecule has 3 rings (SSSR count). The number of carboxylic acids is 1. The van der Waals surface area contributed by atoms with Crippen molar-refractivity contribution < 1.29 is 23.1 Å². The summed E-state index contributed by atoms with van der Waals surface area (Å²) >= 11 is 0. The molecule has 2 aliphatic rings. The Morgan fingerprint density at radius 2 is 1.90 bits per heavy atom. The molecule has 2 amide bonds. The second kappa shape index (κ2) is 9.94. The Labute approximate surface area is 183 Å². The number of carboxylic acid groups (broad SMARTS) is 1. The molecular weight excluding hydrogens is 422 g/mol. The fourth-order valence-corrected chi connectivity index (χ4v) is 4.90. The molecule has 0 spiro atoms. The van der Waals surface area contributed by atoms with Crippen molar-refractivity contribution in [3.8, 4) is 0 Å². The molecule has 11 heteroatoms. The summed E-state index contributed by atoms with van der Waals surface area (Å²) in [6, 6.07) is 7.57. The second-order valence-corrected chi connectivity index (χ2v) is 9.91. The Bertz CT molecular complexity index is 875. The number of carbonyl (C=O) groups is 2. The quantitative estimate of drug-likeness (QED) is 0.507. The normalized spacial score (nSPS) is 22.1. The van der Waals surface area contributed by atoms with Crippen LogP contribution in [0.25, 0.3) is 0 Å². The molecule has 10 nitrogen and oxygen atoms in total. The van der Waals surface area contributed by atoms with E-state index in [1.54, 1.807) is 14.9 Å². The third-order valence-corrected chi connectivity index (χ3v) is 6.52. The first-order valence-corrected chi connectivity index (χ1v) is 12.4. The van der Waals surface area contributed by atoms with Gasteiger partial charge in [-0.3, -0.25) is 14.7 Å². The fraction of sp³-hybridized carbons (Fsp3) is 0.600. The molecule has 172 valence electrons. The zero-order valence-electron chi connectivity index (χ0n) is 17.9. The first-order chi connectivity index (χ1) is 14.7. The average molecular weight is 454 g/mol. The first-order valence-electron chi connectivity index (χ1n) is 10.5. The van der Waals surface area contributed by atoms with E-state index >= 15 is 0 Å². The number of piperidine rings is 1. The van der Waals surface area contributed by atoms with Gasteiger partial charge in [0.05, 0.1) is 6.26 Å². The summed E-state index contributed by atoms with van der Waals surface area (Å²) in [6.45, 7) is 4.00. The van der Waals surface area contributed by atoms with Crippen LogP contribution in [0.3, 0.4) is 0 Å². The highest BCUT2D eigenvalue weighted by atomic mass is 32.2. The van der Waals surface area contributed by atoms with Crippen LogP contribution in [0.2, 0.25) is 0 Å². The minimum atomic E-state index is -3.74. The highest BCUT2D eigenvalue weighted by Gasteiger charge is 2.44. The minimum Gasteiger partial charge on any atom is -0.480 e. The van der Waals surface area contributed by atoms with E-state index in [2.05, 4.69) is 10.0 Å². The van der Waals surface area contributed by atoms with Crippen molar-refractivity contribution >= 4 is 27.7 Å². The summed E-state index contributed by atoms with van der Waals surface area (Å²) < 4.78 is 25.5. The van der Waals surface area contributed by atoms with Crippen molar-refractivity contribution in [1.82, 2.24) is 20.1 Å². The molecule has 0 aliphatic carbocycles. The van der Waals surface area contributed by atoms with Gasteiger partial charge in [0.25, 0.3) is 0 Å². The van der Waals surface area contributed by atoms with Crippen LogP contribution in [0.15, 0.2) is 30.3 Å². The van der Waals surface area contributed by atoms with Crippen LogP contribution in [0.5, 0.6) is 0 Å². The van der Waals surface area contributed by atoms with Gasteiger partial charge in [-0.1, -0.05) is 18.2 Å². The summed E-state index contributed by atoms with van der Waals surface area (Å²) in [6.07, 6.45) is 3.33. The van der Waals surface area contributed by atoms with Crippen LogP contribution < -0.4 is 14.9 Å². The highest BCUT2D eigenvalue weighted by Crippen LogP contribution is 2.29. The van der Waals surface area contributed by atoms with Crippen LogP contribution in [0.1, 0.15) is 26.2 Å². The lowest BCUT2D eigenvalue weighted by Gasteiger charge is -2.32. The molecule has 2 heterocycles. The molecule has 2 unspecified atom stereocenters. The van der Waals surface area contributed by atoms with Gasteiger partial charge in [0, 0.05) is 18.8 Å². The molecule has 1 aromatic rings. The number of aliphatic carboxylic acids is 1. The maximum Gasteiger partial charge on any atom is 0.340 e. The number of nitrogens with one attached hydrogen (secondary N) is 2. The first kappa shape index (κ1) is 23.5. The average Bonchev–Trinajstić information content (AvgIpc) is 2.95. The van der Waals surface area contributed by atoms with Gasteiger partial charge in [0.1, 0.15) is 12.2 Å². The van der Waals surface area contributed by atoms with Gasteiger partial charge >= 0.3 is 12.0 Å². The Morgan fingerprint density at radius 1 is 1.26 bits per heavy atom. The standard InChI is InChI=1S/C20H31N5O5S/c1-15-24(14-18(19(26)27)22-31(2,29)30)23(13-10-16-8-11-21-12-9-16)20(28)25(15)17-6-4-3-5-7-17/h3-7,15-16,18,21-22H,8-14H2,1-2H3,(H,26,27). The van der Waals surface area contributed by atoms with Crippen molar-refractivity contribution in [2.75, 3.05) is 37.3 Å². The van der Waals surface area contributed by atoms with E-state index in [1.807, 2.05) is 37.3 Å². The Morgan fingerprint density at radius 3 is 2.48 bits per heavy atom. The Hall–Kier alpha value is -2.21. The van der Waals surface area contributed by atoms with E-state index in [4.69, 9.17) is 0 Å². The van der Waals surface area contributed by atoms with E-state index in [-0.39, 0.29) is 12.6 Å². The molecule has 0 aromatic heterocycles. The number of sulfonamides is 1. The SMILES string of the molecule is CC1N(c2ccccc2)C(=O)N(CCC2CCNCC2)N1CC(NS(C)(=O)=O)C(=O)O. The number of nitrogens with zero attached hydrogens (tertiary/aromatic N) is 3. The third kappa shape index (κ3) is 5.94. The van der Waals surface area contributed by atoms with E-state index in [1.165, 1.54) is 0 Å². The number of rotatable bonds is 9. The van der Waals surface area contributed by atoms with E-state index in [9.17, 15) is 23.1 Å². The Balaban J connectivity index is 1.83. The molecule has 2 fully saturated rings. The van der Waals surface area contributed by atoms with Crippen molar-refractivity contribution in [2.24, 2.45) is 5.92 Å². The molecule has 2 saturated heterocycles. The molecule has 31 heavy (non-hydrogen) atoms. The maximum absolute atomic E-state index is 13.3. The van der Waals surface area contributed by atoms with Gasteiger partial charge in [-0.25, -0.2) is 13.2 Å².